The minimum absolute atomic E-state index is 0.615. The summed E-state index contributed by atoms with van der Waals surface area (Å²) in [6.07, 6.45) is 2.71. The molecular weight excluding hydrogens is 382 g/mol. The van der Waals surface area contributed by atoms with E-state index in [0.717, 1.165) is 50.6 Å². The van der Waals surface area contributed by atoms with Crippen LogP contribution in [0.25, 0.3) is 38.6 Å². The van der Waals surface area contributed by atoms with Crippen molar-refractivity contribution in [3.8, 4) is 16.8 Å². The fourth-order valence-corrected chi connectivity index (χ4v) is 3.79. The highest BCUT2D eigenvalue weighted by Gasteiger charge is 2.14. The lowest BCUT2D eigenvalue weighted by atomic mass is 10.0. The molecule has 0 spiro atoms. The summed E-state index contributed by atoms with van der Waals surface area (Å²) >= 11 is 6.04. The molecule has 0 unspecified atom stereocenters. The van der Waals surface area contributed by atoms with E-state index in [1.807, 2.05) is 66.3 Å². The standard InChI is InChI=1S/C24H16ClN3O/c1-15-22-13-26-23-10-7-18(17-5-8-19(25)9-6-17)12-21(23)24(22)28(27-15)20-4-2-3-16(11-20)14-29/h2-14H,1H3. The van der Waals surface area contributed by atoms with E-state index in [1.165, 1.54) is 0 Å². The van der Waals surface area contributed by atoms with Gasteiger partial charge in [-0.05, 0) is 54.4 Å². The number of rotatable bonds is 3. The molecule has 0 aliphatic heterocycles. The van der Waals surface area contributed by atoms with E-state index in [2.05, 4.69) is 17.1 Å². The predicted molar refractivity (Wildman–Crippen MR) is 117 cm³/mol. The Bertz CT molecular complexity index is 1390. The number of benzene rings is 3. The maximum atomic E-state index is 11.2. The first-order valence-electron chi connectivity index (χ1n) is 9.24. The van der Waals surface area contributed by atoms with Gasteiger partial charge in [0, 0.05) is 27.6 Å². The zero-order valence-corrected chi connectivity index (χ0v) is 16.4. The summed E-state index contributed by atoms with van der Waals surface area (Å²) in [5, 5.41) is 7.45. The number of halogens is 1. The fourth-order valence-electron chi connectivity index (χ4n) is 3.66. The Balaban J connectivity index is 1.81. The van der Waals surface area contributed by atoms with Crippen molar-refractivity contribution in [1.29, 1.82) is 0 Å². The number of pyridine rings is 1. The van der Waals surface area contributed by atoms with E-state index in [1.54, 1.807) is 6.07 Å². The number of carbonyl (C=O) groups is 1. The van der Waals surface area contributed by atoms with Crippen molar-refractivity contribution in [2.75, 3.05) is 0 Å². The summed E-state index contributed by atoms with van der Waals surface area (Å²) in [7, 11) is 0. The Hall–Kier alpha value is -3.50. The molecule has 4 nitrogen and oxygen atoms in total. The molecule has 0 atom stereocenters. The number of hydrogen-bond acceptors (Lipinski definition) is 3. The number of aromatic nitrogens is 3. The van der Waals surface area contributed by atoms with Gasteiger partial charge in [-0.25, -0.2) is 4.68 Å². The van der Waals surface area contributed by atoms with Crippen LogP contribution in [0.4, 0.5) is 0 Å². The van der Waals surface area contributed by atoms with E-state index in [0.29, 0.717) is 10.6 Å². The maximum Gasteiger partial charge on any atom is 0.150 e. The van der Waals surface area contributed by atoms with Crippen LogP contribution in [0.5, 0.6) is 0 Å². The molecule has 140 valence electrons. The highest BCUT2D eigenvalue weighted by molar-refractivity contribution is 6.30. The molecule has 2 aromatic heterocycles. The third kappa shape index (κ3) is 2.98. The highest BCUT2D eigenvalue weighted by Crippen LogP contribution is 2.32. The Morgan fingerprint density at radius 3 is 2.52 bits per heavy atom. The van der Waals surface area contributed by atoms with Crippen molar-refractivity contribution < 1.29 is 4.79 Å². The first kappa shape index (κ1) is 17.6. The Labute approximate surface area is 172 Å². The molecule has 0 amide bonds. The number of aryl methyl sites for hydroxylation is 1. The second-order valence-corrected chi connectivity index (χ2v) is 7.41. The third-order valence-electron chi connectivity index (χ3n) is 5.12. The van der Waals surface area contributed by atoms with Crippen molar-refractivity contribution in [2.45, 2.75) is 6.92 Å². The molecule has 29 heavy (non-hydrogen) atoms. The van der Waals surface area contributed by atoms with E-state index < -0.39 is 0 Å². The maximum absolute atomic E-state index is 11.2. The molecule has 0 fully saturated rings. The minimum Gasteiger partial charge on any atom is -0.298 e. The molecule has 0 bridgehead atoms. The van der Waals surface area contributed by atoms with Crippen LogP contribution in [0.15, 0.2) is 72.9 Å². The van der Waals surface area contributed by atoms with Crippen molar-refractivity contribution in [3.63, 3.8) is 0 Å². The Morgan fingerprint density at radius 1 is 0.931 bits per heavy atom. The van der Waals surface area contributed by atoms with E-state index in [4.69, 9.17) is 16.7 Å². The smallest absolute Gasteiger partial charge is 0.150 e. The zero-order valence-electron chi connectivity index (χ0n) is 15.6. The van der Waals surface area contributed by atoms with Gasteiger partial charge in [0.2, 0.25) is 0 Å². The summed E-state index contributed by atoms with van der Waals surface area (Å²) in [5.41, 5.74) is 6.38. The first-order valence-corrected chi connectivity index (χ1v) is 9.61. The Kier molecular flexibility index (Phi) is 4.14. The quantitative estimate of drug-likeness (QED) is 0.350. The zero-order chi connectivity index (χ0) is 20.0. The van der Waals surface area contributed by atoms with Crippen molar-refractivity contribution >= 4 is 39.7 Å². The molecular formula is C24H16ClN3O. The number of hydrogen-bond donors (Lipinski definition) is 0. The molecule has 0 aliphatic carbocycles. The lowest BCUT2D eigenvalue weighted by molar-refractivity contribution is 0.112. The molecule has 2 heterocycles. The molecule has 0 aliphatic rings. The average molecular weight is 398 g/mol. The van der Waals surface area contributed by atoms with Gasteiger partial charge in [0.05, 0.1) is 22.4 Å². The average Bonchev–Trinajstić information content (AvgIpc) is 3.11. The van der Waals surface area contributed by atoms with Crippen molar-refractivity contribution in [3.05, 3.63) is 89.2 Å². The summed E-state index contributed by atoms with van der Waals surface area (Å²) in [5.74, 6) is 0. The molecule has 3 aromatic carbocycles. The Morgan fingerprint density at radius 2 is 1.72 bits per heavy atom. The van der Waals surface area contributed by atoms with Crippen LogP contribution in [0.3, 0.4) is 0 Å². The molecule has 0 saturated heterocycles. The van der Waals surface area contributed by atoms with Gasteiger partial charge in [0.1, 0.15) is 6.29 Å². The lowest BCUT2D eigenvalue weighted by Crippen LogP contribution is -1.98. The van der Waals surface area contributed by atoms with Crippen LogP contribution >= 0.6 is 11.6 Å². The molecule has 0 saturated carbocycles. The number of carbonyl (C=O) groups excluding carboxylic acids is 1. The van der Waals surface area contributed by atoms with Gasteiger partial charge in [0.15, 0.2) is 0 Å². The van der Waals surface area contributed by atoms with Gasteiger partial charge in [-0.3, -0.25) is 9.78 Å². The van der Waals surface area contributed by atoms with Crippen LogP contribution in [-0.4, -0.2) is 21.1 Å². The second-order valence-electron chi connectivity index (χ2n) is 6.97. The van der Waals surface area contributed by atoms with Gasteiger partial charge >= 0.3 is 0 Å². The number of aldehydes is 1. The second kappa shape index (κ2) is 6.83. The molecule has 0 radical (unpaired) electrons. The normalized spacial score (nSPS) is 11.2. The van der Waals surface area contributed by atoms with Crippen LogP contribution < -0.4 is 0 Å². The van der Waals surface area contributed by atoms with E-state index in [9.17, 15) is 4.79 Å². The van der Waals surface area contributed by atoms with Gasteiger partial charge in [-0.2, -0.15) is 5.10 Å². The molecule has 5 rings (SSSR count). The fraction of sp³-hybridized carbons (Fsp3) is 0.0417. The lowest BCUT2D eigenvalue weighted by Gasteiger charge is -2.09. The largest absolute Gasteiger partial charge is 0.298 e. The molecule has 5 aromatic rings. The number of nitrogens with zero attached hydrogens (tertiary/aromatic N) is 3. The van der Waals surface area contributed by atoms with Gasteiger partial charge in [-0.15, -0.1) is 0 Å². The predicted octanol–water partition coefficient (Wildman–Crippen LogP) is 6.02. The van der Waals surface area contributed by atoms with Crippen LogP contribution in [0, 0.1) is 6.92 Å². The van der Waals surface area contributed by atoms with Crippen molar-refractivity contribution in [1.82, 2.24) is 14.8 Å². The van der Waals surface area contributed by atoms with Crippen molar-refractivity contribution in [2.24, 2.45) is 0 Å². The minimum atomic E-state index is 0.615. The molecule has 5 heteroatoms. The van der Waals surface area contributed by atoms with Gasteiger partial charge in [-0.1, -0.05) is 41.9 Å². The van der Waals surface area contributed by atoms with E-state index in [-0.39, 0.29) is 0 Å². The first-order chi connectivity index (χ1) is 14.1. The van der Waals surface area contributed by atoms with E-state index >= 15 is 0 Å². The van der Waals surface area contributed by atoms with Gasteiger partial charge < -0.3 is 0 Å². The van der Waals surface area contributed by atoms with Crippen LogP contribution in [0.1, 0.15) is 16.1 Å². The summed E-state index contributed by atoms with van der Waals surface area (Å²) in [6, 6.07) is 21.5. The summed E-state index contributed by atoms with van der Waals surface area (Å²) in [4.78, 5) is 15.9. The number of fused-ring (bicyclic) bond motifs is 3. The van der Waals surface area contributed by atoms with Crippen LogP contribution in [0.2, 0.25) is 5.02 Å². The SMILES string of the molecule is Cc1nn(-c2cccc(C=O)c2)c2c1cnc1ccc(-c3ccc(Cl)cc3)cc12. The summed E-state index contributed by atoms with van der Waals surface area (Å²) in [6.45, 7) is 1.97. The van der Waals surface area contributed by atoms with Gasteiger partial charge in [0.25, 0.3) is 0 Å². The topological polar surface area (TPSA) is 47.8 Å². The molecule has 0 N–H and O–H groups in total. The summed E-state index contributed by atoms with van der Waals surface area (Å²) < 4.78 is 1.90. The highest BCUT2D eigenvalue weighted by atomic mass is 35.5. The monoisotopic (exact) mass is 397 g/mol. The van der Waals surface area contributed by atoms with Crippen LogP contribution in [-0.2, 0) is 0 Å². The third-order valence-corrected chi connectivity index (χ3v) is 5.37.